The number of carbonyl (C=O) groups is 1. The van der Waals surface area contributed by atoms with E-state index in [1.807, 2.05) is 29.7 Å². The molecule has 1 aliphatic carbocycles. The second-order valence-electron chi connectivity index (χ2n) is 6.93. The molecule has 7 nitrogen and oxygen atoms in total. The Balaban J connectivity index is 1.52. The van der Waals surface area contributed by atoms with Gasteiger partial charge in [-0.15, -0.1) is 16.4 Å². The molecule has 0 saturated carbocycles. The number of aryl methyl sites for hydroxylation is 2. The Bertz CT molecular complexity index is 763. The summed E-state index contributed by atoms with van der Waals surface area (Å²) >= 11 is 1.71. The van der Waals surface area contributed by atoms with Crippen molar-refractivity contribution < 1.29 is 4.79 Å². The van der Waals surface area contributed by atoms with E-state index in [1.165, 1.54) is 4.88 Å². The number of piperidine rings is 1. The van der Waals surface area contributed by atoms with E-state index in [-0.39, 0.29) is 11.9 Å². The highest BCUT2D eigenvalue weighted by Gasteiger charge is 2.31. The lowest BCUT2D eigenvalue weighted by Crippen LogP contribution is -2.33. The van der Waals surface area contributed by atoms with Gasteiger partial charge < -0.3 is 10.2 Å². The van der Waals surface area contributed by atoms with Crippen LogP contribution in [0, 0.1) is 6.92 Å². The molecule has 1 amide bonds. The number of aromatic nitrogens is 4. The Labute approximate surface area is 151 Å². The van der Waals surface area contributed by atoms with Gasteiger partial charge in [0.05, 0.1) is 33.9 Å². The first kappa shape index (κ1) is 16.7. The molecule has 1 atom stereocenters. The predicted octanol–water partition coefficient (Wildman–Crippen LogP) is 2.12. The van der Waals surface area contributed by atoms with Crippen LogP contribution in [-0.2, 0) is 6.42 Å². The van der Waals surface area contributed by atoms with Crippen LogP contribution in [0.5, 0.6) is 0 Å². The maximum atomic E-state index is 12.9. The lowest BCUT2D eigenvalue weighted by Gasteiger charge is -2.30. The number of fused-ring (bicyclic) bond motifs is 1. The van der Waals surface area contributed by atoms with E-state index in [2.05, 4.69) is 20.6 Å². The minimum atomic E-state index is -0.0518. The van der Waals surface area contributed by atoms with E-state index in [0.29, 0.717) is 11.7 Å². The molecule has 134 valence electrons. The Morgan fingerprint density at radius 3 is 2.96 bits per heavy atom. The largest absolute Gasteiger partial charge is 0.332 e. The number of nitrogens with one attached hydrogen (secondary N) is 1. The van der Waals surface area contributed by atoms with E-state index in [4.69, 9.17) is 0 Å². The first-order chi connectivity index (χ1) is 12.1. The summed E-state index contributed by atoms with van der Waals surface area (Å²) in [5.74, 6) is -0.0518. The minimum Gasteiger partial charge on any atom is -0.332 e. The summed E-state index contributed by atoms with van der Waals surface area (Å²) in [5.41, 5.74) is 1.60. The average Bonchev–Trinajstić information content (AvgIpc) is 3.26. The van der Waals surface area contributed by atoms with Gasteiger partial charge in [-0.2, -0.15) is 0 Å². The van der Waals surface area contributed by atoms with Crippen LogP contribution in [-0.4, -0.2) is 50.9 Å². The predicted molar refractivity (Wildman–Crippen MR) is 95.8 cm³/mol. The molecule has 0 spiro atoms. The van der Waals surface area contributed by atoms with Crippen molar-refractivity contribution >= 4 is 17.2 Å². The lowest BCUT2D eigenvalue weighted by molar-refractivity contribution is 0.0712. The summed E-state index contributed by atoms with van der Waals surface area (Å²) in [6.45, 7) is 4.01. The highest BCUT2D eigenvalue weighted by atomic mass is 32.1. The fourth-order valence-corrected chi connectivity index (χ4v) is 4.99. The van der Waals surface area contributed by atoms with Crippen molar-refractivity contribution in [3.63, 3.8) is 0 Å². The molecule has 8 heteroatoms. The summed E-state index contributed by atoms with van der Waals surface area (Å²) < 4.78 is 1.87. The third-order valence-corrected chi connectivity index (χ3v) is 6.34. The van der Waals surface area contributed by atoms with Crippen LogP contribution < -0.4 is 5.32 Å². The third-order valence-electron chi connectivity index (χ3n) is 5.23. The molecule has 25 heavy (non-hydrogen) atoms. The Kier molecular flexibility index (Phi) is 4.56. The van der Waals surface area contributed by atoms with Gasteiger partial charge in [0, 0.05) is 7.05 Å². The van der Waals surface area contributed by atoms with Gasteiger partial charge in [-0.25, -0.2) is 9.67 Å². The summed E-state index contributed by atoms with van der Waals surface area (Å²) in [4.78, 5) is 20.6. The molecule has 1 fully saturated rings. The van der Waals surface area contributed by atoms with Crippen molar-refractivity contribution in [1.82, 2.24) is 30.2 Å². The summed E-state index contributed by atoms with van der Waals surface area (Å²) in [7, 11) is 1.88. The van der Waals surface area contributed by atoms with E-state index in [9.17, 15) is 4.79 Å². The van der Waals surface area contributed by atoms with Crippen molar-refractivity contribution in [3.05, 3.63) is 27.5 Å². The van der Waals surface area contributed by atoms with Gasteiger partial charge in [-0.05, 0) is 52.1 Å². The van der Waals surface area contributed by atoms with Crippen molar-refractivity contribution in [1.29, 1.82) is 0 Å². The van der Waals surface area contributed by atoms with Crippen LogP contribution >= 0.6 is 11.3 Å². The number of thiazole rings is 1. The standard InChI is InChI=1S/C17H24N6OS/c1-11-19-13-4-3-5-15(16(13)25-11)22(2)17(24)14-10-23(21-20-14)12-6-8-18-9-7-12/h10,12,15,18H,3-9H2,1-2H3. The normalized spacial score (nSPS) is 21.1. The fraction of sp³-hybridized carbons (Fsp3) is 0.647. The molecule has 2 aromatic rings. The quantitative estimate of drug-likeness (QED) is 0.907. The first-order valence-corrected chi connectivity index (χ1v) is 9.81. The Morgan fingerprint density at radius 2 is 2.16 bits per heavy atom. The monoisotopic (exact) mass is 360 g/mol. The number of amides is 1. The molecule has 1 unspecified atom stereocenters. The van der Waals surface area contributed by atoms with Gasteiger partial charge in [0.1, 0.15) is 0 Å². The zero-order valence-electron chi connectivity index (χ0n) is 14.7. The van der Waals surface area contributed by atoms with Gasteiger partial charge in [0.15, 0.2) is 5.69 Å². The van der Waals surface area contributed by atoms with Gasteiger partial charge >= 0.3 is 0 Å². The number of hydrogen-bond donors (Lipinski definition) is 1. The van der Waals surface area contributed by atoms with Crippen molar-refractivity contribution in [2.45, 2.75) is 51.1 Å². The van der Waals surface area contributed by atoms with Gasteiger partial charge in [-0.3, -0.25) is 4.79 Å². The fourth-order valence-electron chi connectivity index (χ4n) is 3.84. The molecular weight excluding hydrogens is 336 g/mol. The number of hydrogen-bond acceptors (Lipinski definition) is 6. The maximum Gasteiger partial charge on any atom is 0.276 e. The van der Waals surface area contributed by atoms with Crippen LogP contribution in [0.2, 0.25) is 0 Å². The summed E-state index contributed by atoms with van der Waals surface area (Å²) in [6.07, 6.45) is 6.94. The number of carbonyl (C=O) groups excluding carboxylic acids is 1. The second-order valence-corrected chi connectivity index (χ2v) is 8.17. The Hall–Kier alpha value is -1.80. The third kappa shape index (κ3) is 3.20. The van der Waals surface area contributed by atoms with Crippen LogP contribution in [0.4, 0.5) is 0 Å². The van der Waals surface area contributed by atoms with E-state index >= 15 is 0 Å². The number of nitrogens with zero attached hydrogens (tertiary/aromatic N) is 5. The van der Waals surface area contributed by atoms with E-state index in [0.717, 1.165) is 55.9 Å². The van der Waals surface area contributed by atoms with Crippen molar-refractivity contribution in [2.75, 3.05) is 20.1 Å². The molecule has 4 rings (SSSR count). The van der Waals surface area contributed by atoms with Crippen LogP contribution in [0.15, 0.2) is 6.20 Å². The van der Waals surface area contributed by atoms with Crippen molar-refractivity contribution in [2.24, 2.45) is 0 Å². The highest BCUT2D eigenvalue weighted by Crippen LogP contribution is 2.37. The zero-order valence-corrected chi connectivity index (χ0v) is 15.6. The van der Waals surface area contributed by atoms with Gasteiger partial charge in [0.25, 0.3) is 5.91 Å². The molecule has 1 N–H and O–H groups in total. The summed E-state index contributed by atoms with van der Waals surface area (Å²) in [6, 6.07) is 0.442. The van der Waals surface area contributed by atoms with Crippen molar-refractivity contribution in [3.8, 4) is 0 Å². The molecule has 3 heterocycles. The first-order valence-electron chi connectivity index (χ1n) is 8.99. The van der Waals surface area contributed by atoms with Gasteiger partial charge in [0.2, 0.25) is 0 Å². The van der Waals surface area contributed by atoms with Crippen LogP contribution in [0.3, 0.4) is 0 Å². The van der Waals surface area contributed by atoms with Crippen LogP contribution in [0.1, 0.15) is 63.8 Å². The minimum absolute atomic E-state index is 0.0518. The molecule has 2 aromatic heterocycles. The molecule has 0 aromatic carbocycles. The smallest absolute Gasteiger partial charge is 0.276 e. The van der Waals surface area contributed by atoms with E-state index in [1.54, 1.807) is 11.3 Å². The van der Waals surface area contributed by atoms with E-state index < -0.39 is 0 Å². The molecule has 0 radical (unpaired) electrons. The maximum absolute atomic E-state index is 12.9. The molecule has 1 saturated heterocycles. The van der Waals surface area contributed by atoms with Gasteiger partial charge in [-0.1, -0.05) is 5.21 Å². The SMILES string of the molecule is Cc1nc2c(s1)C(N(C)C(=O)c1cn(C3CCNCC3)nn1)CCC2. The lowest BCUT2D eigenvalue weighted by atomic mass is 9.97. The Morgan fingerprint density at radius 1 is 1.36 bits per heavy atom. The molecule has 1 aliphatic heterocycles. The number of rotatable bonds is 3. The zero-order chi connectivity index (χ0) is 17.4. The highest BCUT2D eigenvalue weighted by molar-refractivity contribution is 7.11. The topological polar surface area (TPSA) is 75.9 Å². The molecular formula is C17H24N6OS. The van der Waals surface area contributed by atoms with Crippen LogP contribution in [0.25, 0.3) is 0 Å². The molecule has 2 aliphatic rings. The molecule has 0 bridgehead atoms. The summed E-state index contributed by atoms with van der Waals surface area (Å²) in [5, 5.41) is 12.8. The average molecular weight is 360 g/mol. The second kappa shape index (κ2) is 6.84.